The van der Waals surface area contributed by atoms with Crippen molar-refractivity contribution in [3.63, 3.8) is 0 Å². The van der Waals surface area contributed by atoms with Crippen LogP contribution in [0.2, 0.25) is 0 Å². The summed E-state index contributed by atoms with van der Waals surface area (Å²) in [5, 5.41) is 11.5. The molecule has 0 saturated heterocycles. The van der Waals surface area contributed by atoms with Crippen LogP contribution in [0.1, 0.15) is 20.3 Å². The van der Waals surface area contributed by atoms with Crippen LogP contribution in [-0.4, -0.2) is 35.1 Å². The lowest BCUT2D eigenvalue weighted by atomic mass is 10.3. The molecule has 2 rings (SSSR count). The molecule has 1 saturated carbocycles. The largest absolute Gasteiger partial charge is 0.481 e. The molecule has 0 aliphatic heterocycles. The van der Waals surface area contributed by atoms with Gasteiger partial charge in [0.15, 0.2) is 0 Å². The van der Waals surface area contributed by atoms with Gasteiger partial charge in [-0.15, -0.1) is 0 Å². The highest BCUT2D eigenvalue weighted by Crippen LogP contribution is 2.39. The Morgan fingerprint density at radius 3 is 2.50 bits per heavy atom. The van der Waals surface area contributed by atoms with E-state index in [9.17, 15) is 9.59 Å². The van der Waals surface area contributed by atoms with Crippen LogP contribution < -0.4 is 10.2 Å². The second kappa shape index (κ2) is 5.90. The van der Waals surface area contributed by atoms with Crippen LogP contribution in [0.25, 0.3) is 0 Å². The minimum Gasteiger partial charge on any atom is -0.481 e. The lowest BCUT2D eigenvalue weighted by Gasteiger charge is -2.19. The van der Waals surface area contributed by atoms with E-state index in [2.05, 4.69) is 29.0 Å². The number of nitrogens with zero attached hydrogens (tertiary/aromatic N) is 2. The molecule has 2 unspecified atom stereocenters. The first-order chi connectivity index (χ1) is 9.56. The summed E-state index contributed by atoms with van der Waals surface area (Å²) in [4.78, 5) is 28.9. The topological polar surface area (TPSA) is 82.5 Å². The number of aliphatic carboxylic acids is 1. The lowest BCUT2D eigenvalue weighted by Crippen LogP contribution is -2.23. The normalized spacial score (nSPS) is 20.3. The molecule has 1 aliphatic rings. The molecule has 1 amide bonds. The van der Waals surface area contributed by atoms with E-state index < -0.39 is 17.8 Å². The van der Waals surface area contributed by atoms with Gasteiger partial charge in [-0.1, -0.05) is 0 Å². The summed E-state index contributed by atoms with van der Waals surface area (Å²) in [5.74, 6) is -1.22. The van der Waals surface area contributed by atoms with Crippen molar-refractivity contribution in [3.8, 4) is 0 Å². The molecule has 108 valence electrons. The summed E-state index contributed by atoms with van der Waals surface area (Å²) in [5.41, 5.74) is 0.599. The summed E-state index contributed by atoms with van der Waals surface area (Å²) < 4.78 is 0. The highest BCUT2D eigenvalue weighted by molar-refractivity contribution is 5.98. The van der Waals surface area contributed by atoms with Gasteiger partial charge < -0.3 is 15.3 Å². The van der Waals surface area contributed by atoms with Gasteiger partial charge in [-0.3, -0.25) is 9.59 Å². The Bertz CT molecular complexity index is 497. The van der Waals surface area contributed by atoms with Crippen LogP contribution in [0.5, 0.6) is 0 Å². The number of anilines is 2. The Morgan fingerprint density at radius 2 is 2.05 bits per heavy atom. The van der Waals surface area contributed by atoms with Gasteiger partial charge in [0.25, 0.3) is 0 Å². The number of hydrogen-bond acceptors (Lipinski definition) is 4. The maximum atomic E-state index is 11.8. The van der Waals surface area contributed by atoms with E-state index in [1.54, 1.807) is 12.3 Å². The highest BCUT2D eigenvalue weighted by Gasteiger charge is 2.48. The van der Waals surface area contributed by atoms with Crippen LogP contribution in [0.4, 0.5) is 11.5 Å². The zero-order chi connectivity index (χ0) is 14.7. The molecule has 1 fully saturated rings. The van der Waals surface area contributed by atoms with Crippen LogP contribution in [0.3, 0.4) is 0 Å². The highest BCUT2D eigenvalue weighted by atomic mass is 16.4. The first-order valence-electron chi connectivity index (χ1n) is 6.81. The predicted octanol–water partition coefficient (Wildman–Crippen LogP) is 1.59. The molecule has 1 aromatic heterocycles. The summed E-state index contributed by atoms with van der Waals surface area (Å²) in [7, 11) is 0. The van der Waals surface area contributed by atoms with Crippen LogP contribution in [0, 0.1) is 11.8 Å². The third-order valence-electron chi connectivity index (χ3n) is 3.55. The van der Waals surface area contributed by atoms with Crippen molar-refractivity contribution >= 4 is 23.4 Å². The summed E-state index contributed by atoms with van der Waals surface area (Å²) in [6, 6.07) is 3.64. The Labute approximate surface area is 117 Å². The fourth-order valence-corrected chi connectivity index (χ4v) is 2.19. The van der Waals surface area contributed by atoms with Gasteiger partial charge in [-0.25, -0.2) is 4.98 Å². The standard InChI is InChI=1S/C14H19N3O3/c1-3-17(4-2)12-6-5-9(8-15-12)16-13(18)10-7-11(10)14(19)20/h5-6,8,10-11H,3-4,7H2,1-2H3,(H,16,18)(H,19,20). The first-order valence-corrected chi connectivity index (χ1v) is 6.81. The summed E-state index contributed by atoms with van der Waals surface area (Å²) >= 11 is 0. The molecule has 1 aromatic rings. The molecule has 2 atom stereocenters. The van der Waals surface area contributed by atoms with Gasteiger partial charge in [-0.2, -0.15) is 0 Å². The number of aromatic nitrogens is 1. The number of amides is 1. The van der Waals surface area contributed by atoms with Gasteiger partial charge in [-0.05, 0) is 32.4 Å². The van der Waals surface area contributed by atoms with E-state index in [1.165, 1.54) is 0 Å². The van der Waals surface area contributed by atoms with E-state index >= 15 is 0 Å². The second-order valence-electron chi connectivity index (χ2n) is 4.85. The third-order valence-corrected chi connectivity index (χ3v) is 3.55. The van der Waals surface area contributed by atoms with E-state index in [-0.39, 0.29) is 5.91 Å². The molecule has 0 spiro atoms. The predicted molar refractivity (Wildman–Crippen MR) is 75.7 cm³/mol. The maximum Gasteiger partial charge on any atom is 0.307 e. The molecule has 1 aliphatic carbocycles. The first kappa shape index (κ1) is 14.3. The van der Waals surface area contributed by atoms with Crippen LogP contribution >= 0.6 is 0 Å². The van der Waals surface area contributed by atoms with Crippen molar-refractivity contribution in [1.82, 2.24) is 4.98 Å². The average molecular weight is 277 g/mol. The molecule has 0 aromatic carbocycles. The SMILES string of the molecule is CCN(CC)c1ccc(NC(=O)C2CC2C(=O)O)cn1. The van der Waals surface area contributed by atoms with Crippen molar-refractivity contribution in [2.24, 2.45) is 11.8 Å². The molecule has 6 nitrogen and oxygen atoms in total. The van der Waals surface area contributed by atoms with Gasteiger partial charge in [0.2, 0.25) is 5.91 Å². The maximum absolute atomic E-state index is 11.8. The Balaban J connectivity index is 1.94. The van der Waals surface area contributed by atoms with Gasteiger partial charge in [0.1, 0.15) is 5.82 Å². The summed E-state index contributed by atoms with van der Waals surface area (Å²) in [6.45, 7) is 5.86. The number of carbonyl (C=O) groups is 2. The molecule has 1 heterocycles. The van der Waals surface area contributed by atoms with E-state index in [4.69, 9.17) is 5.11 Å². The average Bonchev–Trinajstić information content (AvgIpc) is 3.22. The van der Waals surface area contributed by atoms with E-state index in [0.717, 1.165) is 18.9 Å². The smallest absolute Gasteiger partial charge is 0.307 e. The van der Waals surface area contributed by atoms with Gasteiger partial charge in [0, 0.05) is 13.1 Å². The van der Waals surface area contributed by atoms with Crippen LogP contribution in [0.15, 0.2) is 18.3 Å². The quantitative estimate of drug-likeness (QED) is 0.825. The molecule has 20 heavy (non-hydrogen) atoms. The van der Waals surface area contributed by atoms with Crippen molar-refractivity contribution < 1.29 is 14.7 Å². The lowest BCUT2D eigenvalue weighted by molar-refractivity contribution is -0.139. The number of carbonyl (C=O) groups excluding carboxylic acids is 1. The number of pyridine rings is 1. The number of carboxylic acids is 1. The number of nitrogens with one attached hydrogen (secondary N) is 1. The van der Waals surface area contributed by atoms with Crippen LogP contribution in [-0.2, 0) is 9.59 Å². The van der Waals surface area contributed by atoms with Crippen molar-refractivity contribution in [2.45, 2.75) is 20.3 Å². The van der Waals surface area contributed by atoms with Gasteiger partial charge >= 0.3 is 5.97 Å². The number of hydrogen-bond donors (Lipinski definition) is 2. The molecule has 0 bridgehead atoms. The molecular formula is C14H19N3O3. The Hall–Kier alpha value is -2.11. The van der Waals surface area contributed by atoms with Crippen molar-refractivity contribution in [2.75, 3.05) is 23.3 Å². The molecule has 0 radical (unpaired) electrons. The fourth-order valence-electron chi connectivity index (χ4n) is 2.19. The molecule has 6 heteroatoms. The fraction of sp³-hybridized carbons (Fsp3) is 0.500. The Kier molecular flexibility index (Phi) is 4.22. The van der Waals surface area contributed by atoms with E-state index in [1.807, 2.05) is 6.07 Å². The molecule has 2 N–H and O–H groups in total. The summed E-state index contributed by atoms with van der Waals surface area (Å²) in [6.07, 6.45) is 2.02. The minimum atomic E-state index is -0.903. The number of carboxylic acid groups (broad SMARTS) is 1. The van der Waals surface area contributed by atoms with E-state index in [0.29, 0.717) is 12.1 Å². The van der Waals surface area contributed by atoms with Crippen molar-refractivity contribution in [3.05, 3.63) is 18.3 Å². The third kappa shape index (κ3) is 3.07. The monoisotopic (exact) mass is 277 g/mol. The van der Waals surface area contributed by atoms with Crippen molar-refractivity contribution in [1.29, 1.82) is 0 Å². The Morgan fingerprint density at radius 1 is 1.35 bits per heavy atom. The minimum absolute atomic E-state index is 0.241. The zero-order valence-electron chi connectivity index (χ0n) is 11.7. The zero-order valence-corrected chi connectivity index (χ0v) is 11.7. The molecular weight excluding hydrogens is 258 g/mol. The number of rotatable bonds is 6. The second-order valence-corrected chi connectivity index (χ2v) is 4.85. The van der Waals surface area contributed by atoms with Gasteiger partial charge in [0.05, 0.1) is 23.7 Å².